The van der Waals surface area contributed by atoms with Crippen LogP contribution >= 0.6 is 0 Å². The number of benzene rings is 2. The molecule has 0 unspecified atom stereocenters. The molecule has 5 nitrogen and oxygen atoms in total. The van der Waals surface area contributed by atoms with E-state index in [4.69, 9.17) is 4.74 Å². The molecule has 0 aliphatic rings. The van der Waals surface area contributed by atoms with Crippen LogP contribution in [0.25, 0.3) is 0 Å². The van der Waals surface area contributed by atoms with Gasteiger partial charge in [-0.15, -0.1) is 0 Å². The second-order valence-electron chi connectivity index (χ2n) is 8.32. The first-order valence-electron chi connectivity index (χ1n) is 11.1. The molecule has 2 amide bonds. The van der Waals surface area contributed by atoms with Crippen LogP contribution in [0.5, 0.6) is 5.75 Å². The zero-order valence-corrected chi connectivity index (χ0v) is 19.7. The normalized spacial score (nSPS) is 11.7. The van der Waals surface area contributed by atoms with Crippen LogP contribution in [0.1, 0.15) is 54.5 Å². The van der Waals surface area contributed by atoms with Gasteiger partial charge < -0.3 is 15.0 Å². The summed E-state index contributed by atoms with van der Waals surface area (Å²) < 4.78 is 5.91. The lowest BCUT2D eigenvalue weighted by Crippen LogP contribution is -2.49. The van der Waals surface area contributed by atoms with Crippen LogP contribution in [0.3, 0.4) is 0 Å². The maximum absolute atomic E-state index is 13.2. The van der Waals surface area contributed by atoms with Crippen LogP contribution in [0.2, 0.25) is 0 Å². The number of carbonyl (C=O) groups is 2. The Morgan fingerprint density at radius 3 is 2.48 bits per heavy atom. The highest BCUT2D eigenvalue weighted by Crippen LogP contribution is 2.23. The molecule has 0 bridgehead atoms. The molecule has 0 saturated heterocycles. The second-order valence-corrected chi connectivity index (χ2v) is 8.32. The van der Waals surface area contributed by atoms with E-state index in [9.17, 15) is 9.59 Å². The molecule has 5 heteroatoms. The van der Waals surface area contributed by atoms with Crippen LogP contribution in [0.4, 0.5) is 0 Å². The van der Waals surface area contributed by atoms with E-state index < -0.39 is 6.04 Å². The highest BCUT2D eigenvalue weighted by molar-refractivity contribution is 5.88. The summed E-state index contributed by atoms with van der Waals surface area (Å²) in [7, 11) is 0. The first kappa shape index (κ1) is 24.4. The highest BCUT2D eigenvalue weighted by atomic mass is 16.5. The molecule has 0 fully saturated rings. The van der Waals surface area contributed by atoms with Gasteiger partial charge in [-0.3, -0.25) is 9.59 Å². The maximum atomic E-state index is 13.2. The van der Waals surface area contributed by atoms with E-state index in [1.807, 2.05) is 58.0 Å². The molecule has 2 aromatic carbocycles. The van der Waals surface area contributed by atoms with Gasteiger partial charge in [0, 0.05) is 13.1 Å². The zero-order chi connectivity index (χ0) is 23.0. The van der Waals surface area contributed by atoms with Crippen LogP contribution in [0.15, 0.2) is 36.4 Å². The van der Waals surface area contributed by atoms with Gasteiger partial charge in [-0.25, -0.2) is 0 Å². The third-order valence-corrected chi connectivity index (χ3v) is 5.55. The van der Waals surface area contributed by atoms with E-state index in [1.54, 1.807) is 11.8 Å². The van der Waals surface area contributed by atoms with Crippen molar-refractivity contribution in [2.24, 2.45) is 0 Å². The van der Waals surface area contributed by atoms with Crippen molar-refractivity contribution in [2.45, 2.75) is 67.0 Å². The predicted molar refractivity (Wildman–Crippen MR) is 125 cm³/mol. The van der Waals surface area contributed by atoms with E-state index in [0.29, 0.717) is 18.8 Å². The van der Waals surface area contributed by atoms with E-state index in [-0.39, 0.29) is 18.4 Å². The Morgan fingerprint density at radius 2 is 1.81 bits per heavy atom. The predicted octanol–water partition coefficient (Wildman–Crippen LogP) is 4.63. The van der Waals surface area contributed by atoms with Gasteiger partial charge in [-0.2, -0.15) is 0 Å². The van der Waals surface area contributed by atoms with Crippen molar-refractivity contribution in [1.29, 1.82) is 0 Å². The van der Waals surface area contributed by atoms with Crippen molar-refractivity contribution in [1.82, 2.24) is 10.2 Å². The highest BCUT2D eigenvalue weighted by Gasteiger charge is 2.26. The summed E-state index contributed by atoms with van der Waals surface area (Å²) in [5, 5.41) is 2.94. The van der Waals surface area contributed by atoms with Crippen molar-refractivity contribution in [3.8, 4) is 5.75 Å². The third kappa shape index (κ3) is 7.12. The van der Waals surface area contributed by atoms with Crippen LogP contribution in [-0.4, -0.2) is 35.9 Å². The fourth-order valence-corrected chi connectivity index (χ4v) is 3.50. The standard InChI is InChI=1S/C26H36N2O3/c1-7-8-12-27-26(30)22(6)28(16-23-11-9-10-18(2)14-23)25(29)17-31-24-15-19(3)13-20(4)21(24)5/h9-11,13-15,22H,7-8,12,16-17H2,1-6H3,(H,27,30)/t22-/m1/s1. The molecule has 0 aliphatic heterocycles. The fourth-order valence-electron chi connectivity index (χ4n) is 3.50. The number of carbonyl (C=O) groups excluding carboxylic acids is 2. The average molecular weight is 425 g/mol. The topological polar surface area (TPSA) is 58.6 Å². The molecule has 0 heterocycles. The molecule has 168 valence electrons. The van der Waals surface area contributed by atoms with Crippen LogP contribution in [0, 0.1) is 27.7 Å². The number of aryl methyl sites for hydroxylation is 3. The van der Waals surface area contributed by atoms with E-state index in [1.165, 1.54) is 0 Å². The van der Waals surface area contributed by atoms with Gasteiger partial charge in [0.1, 0.15) is 11.8 Å². The molecule has 2 aromatic rings. The quantitative estimate of drug-likeness (QED) is 0.566. The molecule has 1 atom stereocenters. The van der Waals surface area contributed by atoms with Gasteiger partial charge in [-0.05, 0) is 69.4 Å². The van der Waals surface area contributed by atoms with Gasteiger partial charge in [0.15, 0.2) is 6.61 Å². The number of amides is 2. The minimum Gasteiger partial charge on any atom is -0.483 e. The molecular weight excluding hydrogens is 388 g/mol. The number of ether oxygens (including phenoxy) is 1. The molecule has 0 radical (unpaired) electrons. The van der Waals surface area contributed by atoms with Crippen molar-refractivity contribution in [2.75, 3.05) is 13.2 Å². The molecule has 0 aromatic heterocycles. The lowest BCUT2D eigenvalue weighted by Gasteiger charge is -2.29. The Balaban J connectivity index is 2.18. The summed E-state index contributed by atoms with van der Waals surface area (Å²) >= 11 is 0. The van der Waals surface area contributed by atoms with Gasteiger partial charge in [0.05, 0.1) is 0 Å². The first-order valence-corrected chi connectivity index (χ1v) is 11.1. The Bertz CT molecular complexity index is 908. The summed E-state index contributed by atoms with van der Waals surface area (Å²) in [4.78, 5) is 27.5. The van der Waals surface area contributed by atoms with Gasteiger partial charge >= 0.3 is 0 Å². The van der Waals surface area contributed by atoms with Gasteiger partial charge in [0.25, 0.3) is 5.91 Å². The maximum Gasteiger partial charge on any atom is 0.261 e. The number of rotatable bonds is 10. The van der Waals surface area contributed by atoms with E-state index in [0.717, 1.165) is 40.7 Å². The number of hydrogen-bond acceptors (Lipinski definition) is 3. The van der Waals surface area contributed by atoms with Crippen molar-refractivity contribution in [3.05, 3.63) is 64.2 Å². The minimum absolute atomic E-state index is 0.109. The third-order valence-electron chi connectivity index (χ3n) is 5.55. The van der Waals surface area contributed by atoms with Crippen molar-refractivity contribution in [3.63, 3.8) is 0 Å². The Morgan fingerprint density at radius 1 is 1.06 bits per heavy atom. The van der Waals surface area contributed by atoms with E-state index >= 15 is 0 Å². The molecular formula is C26H36N2O3. The summed E-state index contributed by atoms with van der Waals surface area (Å²) in [5.74, 6) is 0.358. The van der Waals surface area contributed by atoms with Crippen LogP contribution < -0.4 is 10.1 Å². The summed E-state index contributed by atoms with van der Waals surface area (Å²) in [6.45, 7) is 12.8. The molecule has 0 saturated carbocycles. The number of hydrogen-bond donors (Lipinski definition) is 1. The molecule has 1 N–H and O–H groups in total. The number of nitrogens with zero attached hydrogens (tertiary/aromatic N) is 1. The smallest absolute Gasteiger partial charge is 0.261 e. The molecule has 0 spiro atoms. The molecule has 0 aliphatic carbocycles. The fraction of sp³-hybridized carbons (Fsp3) is 0.462. The zero-order valence-electron chi connectivity index (χ0n) is 19.7. The van der Waals surface area contributed by atoms with Gasteiger partial charge in [-0.1, -0.05) is 49.2 Å². The van der Waals surface area contributed by atoms with Crippen LogP contribution in [-0.2, 0) is 16.1 Å². The Kier molecular flexibility index (Phi) is 9.10. The summed E-state index contributed by atoms with van der Waals surface area (Å²) in [6, 6.07) is 11.4. The summed E-state index contributed by atoms with van der Waals surface area (Å²) in [5.41, 5.74) is 5.35. The lowest BCUT2D eigenvalue weighted by molar-refractivity contribution is -0.142. The largest absolute Gasteiger partial charge is 0.483 e. The number of unbranched alkanes of at least 4 members (excludes halogenated alkanes) is 1. The second kappa shape index (κ2) is 11.5. The minimum atomic E-state index is -0.589. The monoisotopic (exact) mass is 424 g/mol. The van der Waals surface area contributed by atoms with Crippen molar-refractivity contribution < 1.29 is 14.3 Å². The first-order chi connectivity index (χ1) is 14.7. The van der Waals surface area contributed by atoms with Crippen molar-refractivity contribution >= 4 is 11.8 Å². The summed E-state index contributed by atoms with van der Waals surface area (Å²) in [6.07, 6.45) is 1.92. The van der Waals surface area contributed by atoms with Gasteiger partial charge in [0.2, 0.25) is 5.91 Å². The molecule has 31 heavy (non-hydrogen) atoms. The lowest BCUT2D eigenvalue weighted by atomic mass is 10.1. The Hall–Kier alpha value is -2.82. The average Bonchev–Trinajstić information content (AvgIpc) is 2.73. The molecule has 2 rings (SSSR count). The van der Waals surface area contributed by atoms with E-state index in [2.05, 4.69) is 18.3 Å². The number of nitrogens with one attached hydrogen (secondary N) is 1. The Labute approximate surface area is 186 Å². The SMILES string of the molecule is CCCCNC(=O)[C@@H](C)N(Cc1cccc(C)c1)C(=O)COc1cc(C)cc(C)c1C.